The molecule has 0 aliphatic rings. The lowest BCUT2D eigenvalue weighted by molar-refractivity contribution is -0.118. The molecule has 0 saturated carbocycles. The lowest BCUT2D eigenvalue weighted by atomic mass is 10.1. The van der Waals surface area contributed by atoms with E-state index in [2.05, 4.69) is 34.6 Å². The molecule has 0 aliphatic heterocycles. The Labute approximate surface area is 204 Å². The number of nitrogens with zero attached hydrogens (tertiary/aromatic N) is 3. The van der Waals surface area contributed by atoms with Crippen LogP contribution < -0.4 is 10.1 Å². The predicted octanol–water partition coefficient (Wildman–Crippen LogP) is 6.24. The summed E-state index contributed by atoms with van der Waals surface area (Å²) in [7, 11) is 0. The van der Waals surface area contributed by atoms with Gasteiger partial charge in [-0.05, 0) is 78.1 Å². The summed E-state index contributed by atoms with van der Waals surface area (Å²) in [5.41, 5.74) is 5.34. The van der Waals surface area contributed by atoms with Crippen molar-refractivity contribution in [1.29, 1.82) is 0 Å². The van der Waals surface area contributed by atoms with Crippen molar-refractivity contribution in [2.75, 3.05) is 11.9 Å². The second-order valence-corrected chi connectivity index (χ2v) is 8.76. The van der Waals surface area contributed by atoms with Gasteiger partial charge in [0.25, 0.3) is 5.91 Å². The molecule has 0 saturated heterocycles. The molecule has 1 N–H and O–H groups in total. The van der Waals surface area contributed by atoms with E-state index in [0.29, 0.717) is 11.4 Å². The van der Waals surface area contributed by atoms with Gasteiger partial charge in [0, 0.05) is 5.69 Å². The van der Waals surface area contributed by atoms with Gasteiger partial charge in [0.2, 0.25) is 0 Å². The Bertz CT molecular complexity index is 1490. The summed E-state index contributed by atoms with van der Waals surface area (Å²) in [4.78, 5) is 14.2. The van der Waals surface area contributed by atoms with Crippen LogP contribution in [0, 0.1) is 6.92 Å². The SMILES string of the molecule is CCCCc1ccc(-n2nc3cc(C)c(NC(=O)COc4ccc5ccccc5c4)cc3n2)cc1. The molecule has 1 aromatic heterocycles. The number of carbonyl (C=O) groups is 1. The molecule has 0 unspecified atom stereocenters. The van der Waals surface area contributed by atoms with Gasteiger partial charge < -0.3 is 10.1 Å². The average molecular weight is 465 g/mol. The number of aryl methyl sites for hydroxylation is 2. The molecule has 0 bridgehead atoms. The highest BCUT2D eigenvalue weighted by molar-refractivity contribution is 5.95. The smallest absolute Gasteiger partial charge is 0.262 e. The summed E-state index contributed by atoms with van der Waals surface area (Å²) < 4.78 is 5.73. The number of anilines is 1. The van der Waals surface area contributed by atoms with Crippen LogP contribution in [0.1, 0.15) is 30.9 Å². The number of rotatable bonds is 8. The lowest BCUT2D eigenvalue weighted by Gasteiger charge is -2.10. The van der Waals surface area contributed by atoms with Crippen molar-refractivity contribution in [2.24, 2.45) is 0 Å². The van der Waals surface area contributed by atoms with E-state index in [1.165, 1.54) is 18.4 Å². The Morgan fingerprint density at radius 3 is 2.43 bits per heavy atom. The van der Waals surface area contributed by atoms with Gasteiger partial charge in [-0.1, -0.05) is 55.8 Å². The maximum atomic E-state index is 12.6. The monoisotopic (exact) mass is 464 g/mol. The zero-order chi connectivity index (χ0) is 24.2. The zero-order valence-electron chi connectivity index (χ0n) is 20.0. The van der Waals surface area contributed by atoms with Crippen molar-refractivity contribution in [1.82, 2.24) is 15.0 Å². The van der Waals surface area contributed by atoms with Crippen LogP contribution in [0.25, 0.3) is 27.5 Å². The molecule has 4 aromatic carbocycles. The van der Waals surface area contributed by atoms with Gasteiger partial charge in [0.15, 0.2) is 6.61 Å². The summed E-state index contributed by atoms with van der Waals surface area (Å²) >= 11 is 0. The highest BCUT2D eigenvalue weighted by Crippen LogP contribution is 2.23. The maximum Gasteiger partial charge on any atom is 0.262 e. The fourth-order valence-electron chi connectivity index (χ4n) is 4.09. The number of nitrogens with one attached hydrogen (secondary N) is 1. The van der Waals surface area contributed by atoms with E-state index >= 15 is 0 Å². The van der Waals surface area contributed by atoms with Gasteiger partial charge in [-0.25, -0.2) is 0 Å². The fourth-order valence-corrected chi connectivity index (χ4v) is 4.09. The molecule has 1 heterocycles. The van der Waals surface area contributed by atoms with Gasteiger partial charge >= 0.3 is 0 Å². The number of fused-ring (bicyclic) bond motifs is 2. The summed E-state index contributed by atoms with van der Waals surface area (Å²) in [5.74, 6) is 0.436. The fraction of sp³-hybridized carbons (Fsp3) is 0.207. The number of hydrogen-bond acceptors (Lipinski definition) is 4. The van der Waals surface area contributed by atoms with Crippen LogP contribution in [0.3, 0.4) is 0 Å². The molecule has 1 amide bonds. The maximum absolute atomic E-state index is 12.6. The van der Waals surface area contributed by atoms with Crippen LogP contribution in [0.2, 0.25) is 0 Å². The molecule has 5 rings (SSSR count). The van der Waals surface area contributed by atoms with Crippen molar-refractivity contribution < 1.29 is 9.53 Å². The quantitative estimate of drug-likeness (QED) is 0.295. The van der Waals surface area contributed by atoms with E-state index < -0.39 is 0 Å². The van der Waals surface area contributed by atoms with Gasteiger partial charge in [-0.15, -0.1) is 10.2 Å². The molecular formula is C29H28N4O2. The standard InChI is InChI=1S/C29H28N4O2/c1-3-4-7-21-10-13-24(14-11-21)33-31-27-16-20(2)26(18-28(27)32-33)30-29(34)19-35-25-15-12-22-8-5-6-9-23(22)17-25/h5-6,8-18H,3-4,7,19H2,1-2H3,(H,30,34). The Balaban J connectivity index is 1.27. The van der Waals surface area contributed by atoms with Crippen LogP contribution in [0.5, 0.6) is 5.75 Å². The summed E-state index contributed by atoms with van der Waals surface area (Å²) in [6.07, 6.45) is 3.45. The van der Waals surface area contributed by atoms with Crippen LogP contribution in [-0.4, -0.2) is 27.5 Å². The van der Waals surface area contributed by atoms with Crippen LogP contribution in [0.15, 0.2) is 78.9 Å². The van der Waals surface area contributed by atoms with E-state index in [-0.39, 0.29) is 12.5 Å². The number of ether oxygens (including phenoxy) is 1. The van der Waals surface area contributed by atoms with Crippen LogP contribution >= 0.6 is 0 Å². The Morgan fingerprint density at radius 2 is 1.66 bits per heavy atom. The Morgan fingerprint density at radius 1 is 0.914 bits per heavy atom. The topological polar surface area (TPSA) is 69.0 Å². The number of hydrogen-bond donors (Lipinski definition) is 1. The van der Waals surface area contributed by atoms with Crippen molar-refractivity contribution in [2.45, 2.75) is 33.1 Å². The normalized spacial score (nSPS) is 11.1. The molecule has 0 radical (unpaired) electrons. The summed E-state index contributed by atoms with van der Waals surface area (Å²) in [6.45, 7) is 4.07. The van der Waals surface area contributed by atoms with Gasteiger partial charge in [-0.2, -0.15) is 4.80 Å². The minimum atomic E-state index is -0.226. The minimum absolute atomic E-state index is 0.0765. The molecule has 35 heavy (non-hydrogen) atoms. The third kappa shape index (κ3) is 5.17. The first-order chi connectivity index (χ1) is 17.1. The van der Waals surface area contributed by atoms with Gasteiger partial charge in [-0.3, -0.25) is 4.79 Å². The molecule has 6 heteroatoms. The first-order valence-electron chi connectivity index (χ1n) is 12.0. The van der Waals surface area contributed by atoms with Crippen molar-refractivity contribution in [3.05, 3.63) is 90.0 Å². The molecule has 6 nitrogen and oxygen atoms in total. The van der Waals surface area contributed by atoms with E-state index in [1.807, 2.05) is 73.7 Å². The highest BCUT2D eigenvalue weighted by atomic mass is 16.5. The number of carbonyl (C=O) groups excluding carboxylic acids is 1. The first kappa shape index (κ1) is 22.6. The molecular weight excluding hydrogens is 436 g/mol. The molecule has 5 aromatic rings. The lowest BCUT2D eigenvalue weighted by Crippen LogP contribution is -2.20. The summed E-state index contributed by atoms with van der Waals surface area (Å²) in [5, 5.41) is 14.4. The third-order valence-corrected chi connectivity index (χ3v) is 6.08. The first-order valence-corrected chi connectivity index (χ1v) is 12.0. The molecule has 0 aliphatic carbocycles. The molecule has 176 valence electrons. The van der Waals surface area contributed by atoms with E-state index in [1.54, 1.807) is 4.80 Å². The van der Waals surface area contributed by atoms with Crippen molar-refractivity contribution >= 4 is 33.4 Å². The number of unbranched alkanes of at least 4 members (excludes halogenated alkanes) is 1. The second-order valence-electron chi connectivity index (χ2n) is 8.76. The summed E-state index contributed by atoms with van der Waals surface area (Å²) in [6, 6.07) is 26.0. The third-order valence-electron chi connectivity index (χ3n) is 6.08. The number of amides is 1. The molecule has 0 spiro atoms. The van der Waals surface area contributed by atoms with E-state index in [4.69, 9.17) is 4.74 Å². The van der Waals surface area contributed by atoms with Crippen LogP contribution in [-0.2, 0) is 11.2 Å². The predicted molar refractivity (Wildman–Crippen MR) is 140 cm³/mol. The van der Waals surface area contributed by atoms with Crippen molar-refractivity contribution in [3.8, 4) is 11.4 Å². The Hall–Kier alpha value is -4.19. The Kier molecular flexibility index (Phi) is 6.44. The highest BCUT2D eigenvalue weighted by Gasteiger charge is 2.11. The van der Waals surface area contributed by atoms with E-state index in [9.17, 15) is 4.79 Å². The van der Waals surface area contributed by atoms with Crippen molar-refractivity contribution in [3.63, 3.8) is 0 Å². The minimum Gasteiger partial charge on any atom is -0.484 e. The molecule has 0 fully saturated rings. The zero-order valence-corrected chi connectivity index (χ0v) is 20.0. The van der Waals surface area contributed by atoms with Gasteiger partial charge in [0.1, 0.15) is 16.8 Å². The number of aromatic nitrogens is 3. The molecule has 0 atom stereocenters. The number of benzene rings is 4. The average Bonchev–Trinajstić information content (AvgIpc) is 3.29. The van der Waals surface area contributed by atoms with Gasteiger partial charge in [0.05, 0.1) is 5.69 Å². The van der Waals surface area contributed by atoms with Crippen LogP contribution in [0.4, 0.5) is 5.69 Å². The second kappa shape index (κ2) is 9.97. The van der Waals surface area contributed by atoms with E-state index in [0.717, 1.165) is 39.5 Å². The largest absolute Gasteiger partial charge is 0.484 e.